The van der Waals surface area contributed by atoms with E-state index in [0.717, 1.165) is 16.7 Å². The minimum Gasteiger partial charge on any atom is -0.390 e. The number of aliphatic hydroxyl groups is 1. The zero-order valence-corrected chi connectivity index (χ0v) is 63.8. The number of amides is 11. The first-order valence-corrected chi connectivity index (χ1v) is 35.3. The summed E-state index contributed by atoms with van der Waals surface area (Å²) in [5.74, 6) is -9.61. The van der Waals surface area contributed by atoms with Gasteiger partial charge in [0.25, 0.3) is 5.91 Å². The van der Waals surface area contributed by atoms with Crippen LogP contribution in [0.15, 0.2) is 12.2 Å². The largest absolute Gasteiger partial charge is 0.390 e. The Morgan fingerprint density at radius 1 is 0.526 bits per heavy atom. The molecule has 0 spiro atoms. The molecule has 11 amide bonds. The summed E-state index contributed by atoms with van der Waals surface area (Å²) < 4.78 is 5.84. The fraction of sp³-hybridized carbons (Fsp3) is 0.812. The van der Waals surface area contributed by atoms with Crippen LogP contribution >= 0.6 is 11.8 Å². The molecule has 0 radical (unpaired) electrons. The van der Waals surface area contributed by atoms with Gasteiger partial charge < -0.3 is 70.3 Å². The number of hydrogen-bond acceptors (Lipinski definition) is 15. The summed E-state index contributed by atoms with van der Waals surface area (Å²) in [5.41, 5.74) is -1.04. The number of nitrogens with zero attached hydrogens (tertiary/aromatic N) is 8. The fourth-order valence-corrected chi connectivity index (χ4v) is 13.0. The molecular formula is C69H126N12O13S. The first-order chi connectivity index (χ1) is 44.0. The van der Waals surface area contributed by atoms with Crippen LogP contribution in [-0.2, 0) is 57.5 Å². The van der Waals surface area contributed by atoms with E-state index < -0.39 is 160 Å². The molecule has 0 aromatic rings. The SMILES string of the molecule is CC=CC[C@@H](C)[C@@H](O)[C@H]1C(=O)N[C@@H](CC)C(=O)N(C)[C@H](SCCN(CC)CC)C(=O)N(C)[C@@H](CC(C)(C)OC)C(=O)N[C@@H](C(C)C)C(=O)N(C)[C@@H](CC(C)C)C(=O)N[C@@H](C)C(=O)N[C@H](C)C(=O)N(C)[C@@H](CC(C)C)C(=O)N(C)[C@@H](CC(C)C)C(=O)N(C)[C@@H](C(C)C)C(=O)N1C. The van der Waals surface area contributed by atoms with Crippen molar-refractivity contribution in [2.45, 2.75) is 248 Å². The number of rotatable bonds is 22. The van der Waals surface area contributed by atoms with Gasteiger partial charge in [0.1, 0.15) is 60.4 Å². The summed E-state index contributed by atoms with van der Waals surface area (Å²) in [5, 5.41) is 22.2. The van der Waals surface area contributed by atoms with Crippen LogP contribution in [-0.4, -0.2) is 269 Å². The Labute approximate surface area is 574 Å². The van der Waals surface area contributed by atoms with E-state index in [1.807, 2.05) is 61.5 Å². The molecule has 1 saturated heterocycles. The summed E-state index contributed by atoms with van der Waals surface area (Å²) in [6, 6.07) is -12.9. The number of hydrogen-bond donors (Lipinski definition) is 5. The molecule has 13 atom stereocenters. The van der Waals surface area contributed by atoms with E-state index in [1.165, 1.54) is 99.7 Å². The molecule has 1 heterocycles. The maximum Gasteiger partial charge on any atom is 0.256 e. The molecule has 25 nitrogen and oxygen atoms in total. The van der Waals surface area contributed by atoms with Gasteiger partial charge >= 0.3 is 0 Å². The molecule has 1 aliphatic rings. The Balaban J connectivity index is 4.62. The number of aliphatic hydroxyl groups excluding tert-OH is 1. The van der Waals surface area contributed by atoms with Crippen LogP contribution in [0.1, 0.15) is 170 Å². The topological polar surface area (TPSA) is 291 Å². The van der Waals surface area contributed by atoms with Crippen molar-refractivity contribution in [2.24, 2.45) is 35.5 Å². The van der Waals surface area contributed by atoms with Gasteiger partial charge in [-0.15, -0.1) is 11.8 Å². The number of carbonyl (C=O) groups excluding carboxylic acids is 11. The predicted octanol–water partition coefficient (Wildman–Crippen LogP) is 4.44. The number of methoxy groups -OCH3 is 1. The van der Waals surface area contributed by atoms with Crippen molar-refractivity contribution in [3.8, 4) is 0 Å². The Morgan fingerprint density at radius 3 is 1.44 bits per heavy atom. The van der Waals surface area contributed by atoms with Gasteiger partial charge in [-0.05, 0) is 115 Å². The highest BCUT2D eigenvalue weighted by Crippen LogP contribution is 2.28. The molecule has 0 saturated carbocycles. The Morgan fingerprint density at radius 2 is 0.979 bits per heavy atom. The standard InChI is InChI=1S/C69H126N12O13S/c1-28-32-33-45(15)56(82)55-60(86)72-48(29-2)62(88)80(26)68(95-35-34-81(30-3)31-4)67(93)77(23)52(39-69(18,19)94-27)59(85)73-53(43(11)12)65(91)74(20)49(36-40(5)6)58(84)70-46(16)57(83)71-47(17)61(87)75(21)50(37-41(7)8)63(89)76(22)51(38-42(9)10)64(90)78(24)54(44(13)14)66(92)79(55)25/h28,32,40-56,68,82H,29-31,33-39H2,1-27H3,(H,70,84)(H,71,83)(H,72,86)(H,73,85)/t45-,46+,47-,48+,49+,50+,51+,52+,53+,54+,55+,56-,68-/m1/s1. The quantitative estimate of drug-likeness (QED) is 0.0937. The number of carbonyl (C=O) groups is 11. The lowest BCUT2D eigenvalue weighted by molar-refractivity contribution is -0.157. The molecule has 26 heteroatoms. The fourth-order valence-electron chi connectivity index (χ4n) is 11.8. The van der Waals surface area contributed by atoms with Crippen LogP contribution in [0.4, 0.5) is 0 Å². The monoisotopic (exact) mass is 1360 g/mol. The molecular weight excluding hydrogens is 1240 g/mol. The van der Waals surface area contributed by atoms with Gasteiger partial charge in [-0.3, -0.25) is 52.7 Å². The zero-order valence-electron chi connectivity index (χ0n) is 63.0. The number of thioether (sulfide) groups is 1. The average molecular weight is 1360 g/mol. The van der Waals surface area contributed by atoms with Crippen LogP contribution in [0.5, 0.6) is 0 Å². The lowest BCUT2D eigenvalue weighted by Crippen LogP contribution is -2.64. The third kappa shape index (κ3) is 24.9. The number of likely N-dealkylation sites (N-methyl/N-ethyl adjacent to an activating group) is 7. The van der Waals surface area contributed by atoms with Crippen molar-refractivity contribution in [1.29, 1.82) is 0 Å². The predicted molar refractivity (Wildman–Crippen MR) is 374 cm³/mol. The van der Waals surface area contributed by atoms with Crippen molar-refractivity contribution in [3.05, 3.63) is 12.2 Å². The van der Waals surface area contributed by atoms with E-state index in [2.05, 4.69) is 26.2 Å². The number of ether oxygens (including phenoxy) is 1. The Bertz CT molecular complexity index is 2580. The maximum atomic E-state index is 15.5. The first kappa shape index (κ1) is 87.2. The molecule has 0 aliphatic carbocycles. The van der Waals surface area contributed by atoms with Crippen molar-refractivity contribution in [2.75, 3.05) is 81.8 Å². The molecule has 1 rings (SSSR count). The van der Waals surface area contributed by atoms with E-state index in [-0.39, 0.29) is 49.9 Å². The van der Waals surface area contributed by atoms with Gasteiger partial charge in [-0.1, -0.05) is 109 Å². The van der Waals surface area contributed by atoms with Crippen LogP contribution < -0.4 is 21.3 Å². The Hall–Kier alpha value is -5.86. The van der Waals surface area contributed by atoms with Gasteiger partial charge in [0.15, 0.2) is 5.37 Å². The smallest absolute Gasteiger partial charge is 0.256 e. The van der Waals surface area contributed by atoms with Gasteiger partial charge in [0.05, 0.1) is 11.7 Å². The minimum atomic E-state index is -1.65. The van der Waals surface area contributed by atoms with Gasteiger partial charge in [-0.25, -0.2) is 0 Å². The minimum absolute atomic E-state index is 0.0133. The van der Waals surface area contributed by atoms with E-state index in [1.54, 1.807) is 68.4 Å². The molecule has 0 unspecified atom stereocenters. The zero-order chi connectivity index (χ0) is 73.6. The lowest BCUT2D eigenvalue weighted by Gasteiger charge is -2.41. The van der Waals surface area contributed by atoms with E-state index in [9.17, 15) is 24.3 Å². The van der Waals surface area contributed by atoms with E-state index in [0.29, 0.717) is 31.8 Å². The summed E-state index contributed by atoms with van der Waals surface area (Å²) in [7, 11) is 11.5. The first-order valence-electron chi connectivity index (χ1n) is 34.2. The summed E-state index contributed by atoms with van der Waals surface area (Å²) in [6.07, 6.45) is 2.67. The Kier molecular flexibility index (Phi) is 36.8. The third-order valence-corrected chi connectivity index (χ3v) is 19.6. The van der Waals surface area contributed by atoms with Crippen molar-refractivity contribution in [3.63, 3.8) is 0 Å². The second-order valence-corrected chi connectivity index (χ2v) is 29.8. The second-order valence-electron chi connectivity index (χ2n) is 28.6. The molecule has 95 heavy (non-hydrogen) atoms. The van der Waals surface area contributed by atoms with Gasteiger partial charge in [-0.2, -0.15) is 0 Å². The number of allylic oxidation sites excluding steroid dienone is 2. The van der Waals surface area contributed by atoms with Crippen molar-refractivity contribution < 1.29 is 62.6 Å². The van der Waals surface area contributed by atoms with Gasteiger partial charge in [0, 0.05) is 75.2 Å². The highest BCUT2D eigenvalue weighted by Gasteiger charge is 2.47. The summed E-state index contributed by atoms with van der Waals surface area (Å²) in [4.78, 5) is 175. The van der Waals surface area contributed by atoms with Crippen molar-refractivity contribution >= 4 is 76.7 Å². The molecule has 5 N–H and O–H groups in total. The maximum absolute atomic E-state index is 15.5. The second kappa shape index (κ2) is 40.1. The van der Waals surface area contributed by atoms with E-state index in [4.69, 9.17) is 4.74 Å². The average Bonchev–Trinajstić information content (AvgIpc) is 0.810. The molecule has 546 valence electrons. The molecule has 0 aromatic heterocycles. The number of nitrogens with one attached hydrogen (secondary N) is 4. The van der Waals surface area contributed by atoms with Crippen LogP contribution in [0, 0.1) is 35.5 Å². The molecule has 1 aliphatic heterocycles. The highest BCUT2D eigenvalue weighted by atomic mass is 32.2. The van der Waals surface area contributed by atoms with Crippen LogP contribution in [0.2, 0.25) is 0 Å². The molecule has 0 bridgehead atoms. The van der Waals surface area contributed by atoms with E-state index >= 15 is 33.6 Å². The third-order valence-electron chi connectivity index (χ3n) is 18.3. The molecule has 1 fully saturated rings. The highest BCUT2D eigenvalue weighted by molar-refractivity contribution is 8.00. The van der Waals surface area contributed by atoms with Crippen LogP contribution in [0.3, 0.4) is 0 Å². The lowest BCUT2D eigenvalue weighted by atomic mass is 9.91. The van der Waals surface area contributed by atoms with Crippen molar-refractivity contribution in [1.82, 2.24) is 60.5 Å². The summed E-state index contributed by atoms with van der Waals surface area (Å²) in [6.45, 7) is 35.6. The molecule has 0 aromatic carbocycles. The summed E-state index contributed by atoms with van der Waals surface area (Å²) >= 11 is 1.16. The van der Waals surface area contributed by atoms with Gasteiger partial charge in [0.2, 0.25) is 59.1 Å². The van der Waals surface area contributed by atoms with Crippen LogP contribution in [0.25, 0.3) is 0 Å². The normalized spacial score (nSPS) is 26.3.